The largest absolute Gasteiger partial charge is 0.483 e. The summed E-state index contributed by atoms with van der Waals surface area (Å²) in [5, 5.41) is 11.5. The van der Waals surface area contributed by atoms with Gasteiger partial charge >= 0.3 is 5.97 Å². The zero-order valence-electron chi connectivity index (χ0n) is 10.4. The average Bonchev–Trinajstić information content (AvgIpc) is 2.46. The minimum absolute atomic E-state index is 0.0122. The molecule has 1 heterocycles. The predicted molar refractivity (Wildman–Crippen MR) is 71.8 cm³/mol. The normalized spacial score (nSPS) is 9.80. The molecule has 0 atom stereocenters. The van der Waals surface area contributed by atoms with Crippen LogP contribution in [0.4, 0.5) is 5.82 Å². The summed E-state index contributed by atoms with van der Waals surface area (Å²) in [6.45, 7) is -0.291. The first-order valence-electron chi connectivity index (χ1n) is 5.83. The molecule has 0 fully saturated rings. The predicted octanol–water partition coefficient (Wildman–Crippen LogP) is 1.80. The van der Waals surface area contributed by atoms with Crippen molar-refractivity contribution in [2.75, 3.05) is 11.9 Å². The van der Waals surface area contributed by atoms with E-state index in [1.54, 1.807) is 36.5 Å². The van der Waals surface area contributed by atoms with Gasteiger partial charge in [0.25, 0.3) is 5.91 Å². The SMILES string of the molecule is O=C(COc1ccccc1C(=O)O)Nc1ccccn1. The van der Waals surface area contributed by atoms with E-state index in [0.29, 0.717) is 5.82 Å². The first-order valence-corrected chi connectivity index (χ1v) is 5.83. The van der Waals surface area contributed by atoms with Gasteiger partial charge in [-0.15, -0.1) is 0 Å². The van der Waals surface area contributed by atoms with Crippen molar-refractivity contribution < 1.29 is 19.4 Å². The number of carbonyl (C=O) groups is 2. The number of benzene rings is 1. The molecule has 102 valence electrons. The molecule has 0 unspecified atom stereocenters. The number of anilines is 1. The number of pyridine rings is 1. The zero-order chi connectivity index (χ0) is 14.4. The minimum Gasteiger partial charge on any atom is -0.483 e. The molecule has 2 N–H and O–H groups in total. The number of aromatic nitrogens is 1. The fourth-order valence-electron chi connectivity index (χ4n) is 1.53. The molecule has 6 nitrogen and oxygen atoms in total. The second-order valence-electron chi connectivity index (χ2n) is 3.85. The van der Waals surface area contributed by atoms with E-state index in [2.05, 4.69) is 10.3 Å². The van der Waals surface area contributed by atoms with Crippen LogP contribution in [0.1, 0.15) is 10.4 Å². The molecule has 0 bridgehead atoms. The van der Waals surface area contributed by atoms with Crippen LogP contribution in [0.15, 0.2) is 48.7 Å². The lowest BCUT2D eigenvalue weighted by molar-refractivity contribution is -0.118. The van der Waals surface area contributed by atoms with Gasteiger partial charge in [0.2, 0.25) is 0 Å². The summed E-state index contributed by atoms with van der Waals surface area (Å²) in [4.78, 5) is 26.5. The monoisotopic (exact) mass is 272 g/mol. The minimum atomic E-state index is -1.11. The van der Waals surface area contributed by atoms with Crippen LogP contribution in [0.2, 0.25) is 0 Å². The molecule has 2 rings (SSSR count). The van der Waals surface area contributed by atoms with E-state index >= 15 is 0 Å². The van der Waals surface area contributed by atoms with Crippen LogP contribution in [-0.4, -0.2) is 28.6 Å². The van der Waals surface area contributed by atoms with Crippen molar-refractivity contribution >= 4 is 17.7 Å². The number of aromatic carboxylic acids is 1. The Kier molecular flexibility index (Phi) is 4.28. The van der Waals surface area contributed by atoms with Crippen molar-refractivity contribution in [2.45, 2.75) is 0 Å². The number of nitrogens with zero attached hydrogens (tertiary/aromatic N) is 1. The van der Waals surface area contributed by atoms with Crippen molar-refractivity contribution in [2.24, 2.45) is 0 Å². The Labute approximate surface area is 115 Å². The van der Waals surface area contributed by atoms with E-state index in [1.807, 2.05) is 0 Å². The van der Waals surface area contributed by atoms with Crippen LogP contribution < -0.4 is 10.1 Å². The Hall–Kier alpha value is -2.89. The van der Waals surface area contributed by atoms with Crippen molar-refractivity contribution in [3.05, 3.63) is 54.2 Å². The lowest BCUT2D eigenvalue weighted by atomic mass is 10.2. The standard InChI is InChI=1S/C14H12N2O4/c17-13(16-12-7-3-4-8-15-12)9-20-11-6-2-1-5-10(11)14(18)19/h1-8H,9H2,(H,18,19)(H,15,16,17). The van der Waals surface area contributed by atoms with Crippen LogP contribution in [0.25, 0.3) is 0 Å². The van der Waals surface area contributed by atoms with Crippen LogP contribution in [0.3, 0.4) is 0 Å². The van der Waals surface area contributed by atoms with Gasteiger partial charge in [0, 0.05) is 6.20 Å². The maximum Gasteiger partial charge on any atom is 0.339 e. The molecule has 2 aromatic rings. The first-order chi connectivity index (χ1) is 9.66. The third-order valence-corrected chi connectivity index (χ3v) is 2.41. The van der Waals surface area contributed by atoms with Crippen LogP contribution >= 0.6 is 0 Å². The highest BCUT2D eigenvalue weighted by Gasteiger charge is 2.11. The molecule has 1 aromatic carbocycles. The van der Waals surface area contributed by atoms with E-state index in [1.165, 1.54) is 12.1 Å². The number of rotatable bonds is 5. The first kappa shape index (κ1) is 13.5. The van der Waals surface area contributed by atoms with Crippen LogP contribution in [0.5, 0.6) is 5.75 Å². The Balaban J connectivity index is 1.96. The highest BCUT2D eigenvalue weighted by molar-refractivity contribution is 5.92. The molecular weight excluding hydrogens is 260 g/mol. The highest BCUT2D eigenvalue weighted by atomic mass is 16.5. The smallest absolute Gasteiger partial charge is 0.339 e. The highest BCUT2D eigenvalue weighted by Crippen LogP contribution is 2.17. The number of hydrogen-bond donors (Lipinski definition) is 2. The molecule has 1 aromatic heterocycles. The topological polar surface area (TPSA) is 88.5 Å². The number of carboxylic acids is 1. The summed E-state index contributed by atoms with van der Waals surface area (Å²) in [6, 6.07) is 11.2. The van der Waals surface area contributed by atoms with Crippen molar-refractivity contribution in [3.63, 3.8) is 0 Å². The molecule has 0 radical (unpaired) electrons. The lowest BCUT2D eigenvalue weighted by Crippen LogP contribution is -2.21. The molecular formula is C14H12N2O4. The second kappa shape index (κ2) is 6.33. The maximum absolute atomic E-state index is 11.6. The molecule has 0 saturated carbocycles. The zero-order valence-corrected chi connectivity index (χ0v) is 10.4. The van der Waals surface area contributed by atoms with Gasteiger partial charge in [-0.25, -0.2) is 9.78 Å². The lowest BCUT2D eigenvalue weighted by Gasteiger charge is -2.08. The molecule has 20 heavy (non-hydrogen) atoms. The Morgan fingerprint density at radius 3 is 2.60 bits per heavy atom. The summed E-state index contributed by atoms with van der Waals surface area (Å²) < 4.78 is 5.21. The third kappa shape index (κ3) is 3.55. The Bertz CT molecular complexity index is 614. The fourth-order valence-corrected chi connectivity index (χ4v) is 1.53. The number of para-hydroxylation sites is 1. The third-order valence-electron chi connectivity index (χ3n) is 2.41. The number of carbonyl (C=O) groups excluding carboxylic acids is 1. The van der Waals surface area contributed by atoms with Gasteiger partial charge in [-0.3, -0.25) is 4.79 Å². The number of hydrogen-bond acceptors (Lipinski definition) is 4. The second-order valence-corrected chi connectivity index (χ2v) is 3.85. The van der Waals surface area contributed by atoms with Crippen molar-refractivity contribution in [1.29, 1.82) is 0 Å². The Morgan fingerprint density at radius 1 is 1.15 bits per heavy atom. The molecule has 0 saturated heterocycles. The number of nitrogens with one attached hydrogen (secondary N) is 1. The van der Waals surface area contributed by atoms with Gasteiger partial charge in [-0.2, -0.15) is 0 Å². The average molecular weight is 272 g/mol. The quantitative estimate of drug-likeness (QED) is 0.866. The van der Waals surface area contributed by atoms with E-state index in [9.17, 15) is 9.59 Å². The number of ether oxygens (including phenoxy) is 1. The van der Waals surface area contributed by atoms with E-state index in [-0.39, 0.29) is 17.9 Å². The van der Waals surface area contributed by atoms with Gasteiger partial charge < -0.3 is 15.2 Å². The molecule has 0 spiro atoms. The van der Waals surface area contributed by atoms with Crippen molar-refractivity contribution in [3.8, 4) is 5.75 Å². The molecule has 0 aliphatic heterocycles. The summed E-state index contributed by atoms with van der Waals surface area (Å²) in [5.41, 5.74) is 0.0122. The van der Waals surface area contributed by atoms with Crippen LogP contribution in [-0.2, 0) is 4.79 Å². The van der Waals surface area contributed by atoms with Gasteiger partial charge in [-0.05, 0) is 24.3 Å². The van der Waals surface area contributed by atoms with Crippen LogP contribution in [0, 0.1) is 0 Å². The maximum atomic E-state index is 11.6. The summed E-state index contributed by atoms with van der Waals surface area (Å²) in [7, 11) is 0. The summed E-state index contributed by atoms with van der Waals surface area (Å²) >= 11 is 0. The number of carboxylic acid groups (broad SMARTS) is 1. The number of amides is 1. The van der Waals surface area contributed by atoms with E-state index < -0.39 is 11.9 Å². The summed E-state index contributed by atoms with van der Waals surface area (Å²) in [5.74, 6) is -0.960. The van der Waals surface area contributed by atoms with E-state index in [0.717, 1.165) is 0 Å². The van der Waals surface area contributed by atoms with Gasteiger partial charge in [0.05, 0.1) is 0 Å². The van der Waals surface area contributed by atoms with Gasteiger partial charge in [0.1, 0.15) is 17.1 Å². The molecule has 6 heteroatoms. The molecule has 0 aliphatic rings. The van der Waals surface area contributed by atoms with Gasteiger partial charge in [-0.1, -0.05) is 18.2 Å². The van der Waals surface area contributed by atoms with Crippen molar-refractivity contribution in [1.82, 2.24) is 4.98 Å². The molecule has 1 amide bonds. The fraction of sp³-hybridized carbons (Fsp3) is 0.0714. The van der Waals surface area contributed by atoms with E-state index in [4.69, 9.17) is 9.84 Å². The molecule has 0 aliphatic carbocycles. The van der Waals surface area contributed by atoms with Gasteiger partial charge in [0.15, 0.2) is 6.61 Å². The summed E-state index contributed by atoms with van der Waals surface area (Å²) in [6.07, 6.45) is 1.55. The Morgan fingerprint density at radius 2 is 1.90 bits per heavy atom.